The van der Waals surface area contributed by atoms with Crippen molar-refractivity contribution in [2.24, 2.45) is 0 Å². The molecular formula is C12H27NO4SSi. The van der Waals surface area contributed by atoms with Crippen molar-refractivity contribution in [2.45, 2.75) is 38.9 Å². The molecule has 7 heteroatoms. The molecule has 5 nitrogen and oxygen atoms in total. The minimum absolute atomic E-state index is 0.0690. The molecule has 0 bridgehead atoms. The van der Waals surface area contributed by atoms with Crippen LogP contribution in [0.15, 0.2) is 0 Å². The van der Waals surface area contributed by atoms with Crippen molar-refractivity contribution in [2.75, 3.05) is 38.6 Å². The fraction of sp³-hybridized carbons (Fsp3) is 1.00. The highest BCUT2D eigenvalue weighted by Gasteiger charge is 2.41. The van der Waals surface area contributed by atoms with E-state index in [9.17, 15) is 8.42 Å². The van der Waals surface area contributed by atoms with Crippen LogP contribution in [0.3, 0.4) is 0 Å². The molecule has 0 aromatic heterocycles. The Hall–Kier alpha value is 0.0469. The molecule has 0 unspecified atom stereocenters. The van der Waals surface area contributed by atoms with Crippen LogP contribution in [-0.2, 0) is 18.7 Å². The lowest BCUT2D eigenvalue weighted by Crippen LogP contribution is -2.45. The zero-order chi connectivity index (χ0) is 14.7. The summed E-state index contributed by atoms with van der Waals surface area (Å²) in [6, 6.07) is 0. The maximum Gasteiger partial charge on any atom is 0.259 e. The lowest BCUT2D eigenvalue weighted by molar-refractivity contribution is 0.0406. The third-order valence-corrected chi connectivity index (χ3v) is 10.9. The second-order valence-corrected chi connectivity index (χ2v) is 13.3. The van der Waals surface area contributed by atoms with Gasteiger partial charge in [-0.1, -0.05) is 20.8 Å². The third-order valence-electron chi connectivity index (χ3n) is 3.90. The van der Waals surface area contributed by atoms with Crippen LogP contribution in [0.25, 0.3) is 0 Å². The molecule has 1 saturated heterocycles. The maximum atomic E-state index is 12.1. The summed E-state index contributed by atoms with van der Waals surface area (Å²) in [5, 5.41) is -0.0982. The minimum atomic E-state index is -3.44. The first-order valence-electron chi connectivity index (χ1n) is 6.77. The van der Waals surface area contributed by atoms with Crippen molar-refractivity contribution in [1.82, 2.24) is 4.90 Å². The smallest absolute Gasteiger partial charge is 0.259 e. The Kier molecular flexibility index (Phi) is 5.59. The van der Waals surface area contributed by atoms with Crippen molar-refractivity contribution in [1.29, 1.82) is 0 Å². The monoisotopic (exact) mass is 309 g/mol. The fourth-order valence-corrected chi connectivity index (χ4v) is 5.90. The molecule has 0 atom stereocenters. The van der Waals surface area contributed by atoms with Crippen molar-refractivity contribution in [3.05, 3.63) is 0 Å². The van der Waals surface area contributed by atoms with Gasteiger partial charge in [-0.15, -0.1) is 0 Å². The van der Waals surface area contributed by atoms with Crippen LogP contribution in [0.4, 0.5) is 0 Å². The Bertz CT molecular complexity index is 383. The van der Waals surface area contributed by atoms with Gasteiger partial charge in [-0.2, -0.15) is 0 Å². The fourth-order valence-electron chi connectivity index (χ4n) is 1.55. The topological polar surface area (TPSA) is 55.8 Å². The summed E-state index contributed by atoms with van der Waals surface area (Å²) < 4.78 is 35.0. The summed E-state index contributed by atoms with van der Waals surface area (Å²) in [5.41, 5.74) is 0. The van der Waals surface area contributed by atoms with Gasteiger partial charge in [0, 0.05) is 19.6 Å². The van der Waals surface area contributed by atoms with Crippen LogP contribution in [-0.4, -0.2) is 60.2 Å². The molecule has 19 heavy (non-hydrogen) atoms. The van der Waals surface area contributed by atoms with Crippen molar-refractivity contribution < 1.29 is 17.0 Å². The zero-order valence-corrected chi connectivity index (χ0v) is 14.5. The number of nitrogens with zero attached hydrogens (tertiary/aromatic N) is 1. The molecule has 1 aliphatic heterocycles. The predicted molar refractivity (Wildman–Crippen MR) is 79.3 cm³/mol. The molecule has 0 spiro atoms. The van der Waals surface area contributed by atoms with Gasteiger partial charge < -0.3 is 8.61 Å². The van der Waals surface area contributed by atoms with E-state index in [0.29, 0.717) is 19.8 Å². The van der Waals surface area contributed by atoms with Crippen LogP contribution in [0, 0.1) is 0 Å². The Labute approximate surface area is 118 Å². The first-order chi connectivity index (χ1) is 8.54. The average molecular weight is 310 g/mol. The molecule has 0 aromatic rings. The molecule has 0 radical (unpaired) electrons. The largest absolute Gasteiger partial charge is 0.379 e. The Morgan fingerprint density at radius 3 is 2.21 bits per heavy atom. The Morgan fingerprint density at radius 1 is 1.21 bits per heavy atom. The summed E-state index contributed by atoms with van der Waals surface area (Å²) in [4.78, 5) is 2.11. The van der Waals surface area contributed by atoms with Crippen LogP contribution in [0.2, 0.25) is 18.1 Å². The standard InChI is InChI=1S/C12H27NO4SSi/c1-12(2,3)19(4,5)17-18(14,15)11-8-13-6-9-16-10-7-13/h6-11H2,1-5H3. The normalized spacial score (nSPS) is 19.6. The zero-order valence-electron chi connectivity index (χ0n) is 12.7. The highest BCUT2D eigenvalue weighted by atomic mass is 32.2. The Morgan fingerprint density at radius 2 is 1.74 bits per heavy atom. The SMILES string of the molecule is CC(C)(C)[Si](C)(C)OS(=O)(=O)CCN1CCOCC1. The summed E-state index contributed by atoms with van der Waals surface area (Å²) in [6.07, 6.45) is 0. The molecule has 0 amide bonds. The van der Waals surface area contributed by atoms with Gasteiger partial charge in [0.1, 0.15) is 0 Å². The molecule has 1 aliphatic rings. The lowest BCUT2D eigenvalue weighted by Gasteiger charge is -2.35. The molecule has 1 rings (SSSR count). The van der Waals surface area contributed by atoms with E-state index in [-0.39, 0.29) is 10.8 Å². The van der Waals surface area contributed by atoms with E-state index in [4.69, 9.17) is 8.61 Å². The highest BCUT2D eigenvalue weighted by Crippen LogP contribution is 2.37. The lowest BCUT2D eigenvalue weighted by atomic mass is 10.2. The van der Waals surface area contributed by atoms with Gasteiger partial charge >= 0.3 is 0 Å². The second kappa shape index (κ2) is 6.22. The van der Waals surface area contributed by atoms with Gasteiger partial charge in [0.05, 0.1) is 19.0 Å². The van der Waals surface area contributed by atoms with Gasteiger partial charge in [-0.05, 0) is 18.1 Å². The van der Waals surface area contributed by atoms with Crippen LogP contribution in [0.5, 0.6) is 0 Å². The van der Waals surface area contributed by atoms with Gasteiger partial charge in [-0.25, -0.2) is 8.42 Å². The van der Waals surface area contributed by atoms with E-state index >= 15 is 0 Å². The van der Waals surface area contributed by atoms with Crippen LogP contribution in [0.1, 0.15) is 20.8 Å². The molecule has 0 saturated carbocycles. The van der Waals surface area contributed by atoms with Crippen molar-refractivity contribution in [3.8, 4) is 0 Å². The van der Waals surface area contributed by atoms with Crippen molar-refractivity contribution >= 4 is 18.4 Å². The first kappa shape index (κ1) is 17.1. The molecule has 1 heterocycles. The number of hydrogen-bond donors (Lipinski definition) is 0. The molecule has 0 aliphatic carbocycles. The van der Waals surface area contributed by atoms with E-state index in [0.717, 1.165) is 13.1 Å². The van der Waals surface area contributed by atoms with Gasteiger partial charge in [0.15, 0.2) is 0 Å². The summed E-state index contributed by atoms with van der Waals surface area (Å²) in [6.45, 7) is 13.5. The molecule has 114 valence electrons. The third kappa shape index (κ3) is 5.51. The van der Waals surface area contributed by atoms with Crippen molar-refractivity contribution in [3.63, 3.8) is 0 Å². The number of rotatable bonds is 5. The van der Waals surface area contributed by atoms with E-state index in [1.54, 1.807) is 0 Å². The average Bonchev–Trinajstić information content (AvgIpc) is 2.25. The quantitative estimate of drug-likeness (QED) is 0.723. The van der Waals surface area contributed by atoms with E-state index in [1.165, 1.54) is 0 Å². The van der Waals surface area contributed by atoms with E-state index in [1.807, 2.05) is 33.9 Å². The molecule has 1 fully saturated rings. The summed E-state index contributed by atoms with van der Waals surface area (Å²) in [7, 11) is -5.70. The van der Waals surface area contributed by atoms with Gasteiger partial charge in [0.25, 0.3) is 10.1 Å². The van der Waals surface area contributed by atoms with E-state index in [2.05, 4.69) is 4.90 Å². The van der Waals surface area contributed by atoms with Gasteiger partial charge in [0.2, 0.25) is 8.32 Å². The Balaban J connectivity index is 2.52. The molecule has 0 N–H and O–H groups in total. The van der Waals surface area contributed by atoms with Crippen LogP contribution < -0.4 is 0 Å². The molecular weight excluding hydrogens is 282 g/mol. The highest BCUT2D eigenvalue weighted by molar-refractivity contribution is 7.87. The second-order valence-electron chi connectivity index (χ2n) is 6.56. The molecule has 0 aromatic carbocycles. The number of morpholine rings is 1. The van der Waals surface area contributed by atoms with E-state index < -0.39 is 18.4 Å². The summed E-state index contributed by atoms with van der Waals surface area (Å²) in [5.74, 6) is 0.0690. The number of hydrogen-bond acceptors (Lipinski definition) is 5. The first-order valence-corrected chi connectivity index (χ1v) is 11.3. The minimum Gasteiger partial charge on any atom is -0.379 e. The van der Waals surface area contributed by atoms with Gasteiger partial charge in [-0.3, -0.25) is 4.90 Å². The maximum absolute atomic E-state index is 12.1. The summed E-state index contributed by atoms with van der Waals surface area (Å²) >= 11 is 0. The van der Waals surface area contributed by atoms with Crippen LogP contribution >= 0.6 is 0 Å². The predicted octanol–water partition coefficient (Wildman–Crippen LogP) is 1.67. The number of ether oxygens (including phenoxy) is 1.